The molecule has 0 saturated carbocycles. The van der Waals surface area contributed by atoms with Crippen molar-refractivity contribution in [3.8, 4) is 0 Å². The Bertz CT molecular complexity index is 441. The molecule has 5 nitrogen and oxygen atoms in total. The van der Waals surface area contributed by atoms with Crippen molar-refractivity contribution in [2.24, 2.45) is 0 Å². The predicted molar refractivity (Wildman–Crippen MR) is 71.3 cm³/mol. The average molecular weight is 286 g/mol. The van der Waals surface area contributed by atoms with Crippen molar-refractivity contribution < 1.29 is 14.3 Å². The predicted octanol–water partition coefficient (Wildman–Crippen LogP) is 1.51. The van der Waals surface area contributed by atoms with Crippen LogP contribution in [0.15, 0.2) is 5.38 Å². The van der Waals surface area contributed by atoms with Crippen molar-refractivity contribution in [3.05, 3.63) is 16.1 Å². The number of thiazole rings is 1. The molecule has 1 amide bonds. The summed E-state index contributed by atoms with van der Waals surface area (Å²) in [5, 5.41) is 1.86. The van der Waals surface area contributed by atoms with Crippen molar-refractivity contribution >= 4 is 35.0 Å². The minimum Gasteiger partial charge on any atom is -0.461 e. The van der Waals surface area contributed by atoms with Gasteiger partial charge in [-0.15, -0.1) is 11.3 Å². The molecule has 98 valence electrons. The van der Waals surface area contributed by atoms with Gasteiger partial charge in [0.2, 0.25) is 5.01 Å². The zero-order chi connectivity index (χ0) is 13.0. The quantitative estimate of drug-likeness (QED) is 0.788. The molecule has 7 heteroatoms. The van der Waals surface area contributed by atoms with Crippen LogP contribution in [0.2, 0.25) is 0 Å². The molecule has 1 aromatic rings. The van der Waals surface area contributed by atoms with Crippen molar-refractivity contribution in [2.45, 2.75) is 6.92 Å². The summed E-state index contributed by atoms with van der Waals surface area (Å²) in [6, 6.07) is 0. The topological polar surface area (TPSA) is 59.5 Å². The van der Waals surface area contributed by atoms with E-state index >= 15 is 0 Å². The number of nitrogens with zero attached hydrogens (tertiary/aromatic N) is 2. The zero-order valence-corrected chi connectivity index (χ0v) is 11.7. The van der Waals surface area contributed by atoms with Gasteiger partial charge in [-0.1, -0.05) is 0 Å². The second kappa shape index (κ2) is 6.19. The highest BCUT2D eigenvalue weighted by Gasteiger charge is 2.22. The van der Waals surface area contributed by atoms with Crippen molar-refractivity contribution in [1.29, 1.82) is 0 Å². The van der Waals surface area contributed by atoms with Crippen LogP contribution in [0.25, 0.3) is 0 Å². The number of carbonyl (C=O) groups is 2. The van der Waals surface area contributed by atoms with Crippen molar-refractivity contribution in [2.75, 3.05) is 31.2 Å². The monoisotopic (exact) mass is 286 g/mol. The van der Waals surface area contributed by atoms with Crippen LogP contribution in [0.4, 0.5) is 0 Å². The highest BCUT2D eigenvalue weighted by molar-refractivity contribution is 7.99. The summed E-state index contributed by atoms with van der Waals surface area (Å²) in [7, 11) is 0. The molecule has 1 aliphatic rings. The highest BCUT2D eigenvalue weighted by Crippen LogP contribution is 2.16. The molecule has 18 heavy (non-hydrogen) atoms. The lowest BCUT2D eigenvalue weighted by atomic mass is 10.4. The number of thioether (sulfide) groups is 1. The number of esters is 1. The summed E-state index contributed by atoms with van der Waals surface area (Å²) in [4.78, 5) is 29.4. The van der Waals surface area contributed by atoms with Crippen LogP contribution >= 0.6 is 23.1 Å². The van der Waals surface area contributed by atoms with Gasteiger partial charge in [-0.3, -0.25) is 4.79 Å². The van der Waals surface area contributed by atoms with Crippen LogP contribution in [0.3, 0.4) is 0 Å². The Labute approximate surface area is 114 Å². The SMILES string of the molecule is CCOC(=O)c1nc(C(=O)N2CCSCC2)cs1. The molecular weight excluding hydrogens is 272 g/mol. The normalized spacial score (nSPS) is 15.5. The number of carbonyl (C=O) groups excluding carboxylic acids is 2. The van der Waals surface area contributed by atoms with Crippen LogP contribution in [0, 0.1) is 0 Å². The average Bonchev–Trinajstić information content (AvgIpc) is 2.89. The van der Waals surface area contributed by atoms with Crippen molar-refractivity contribution in [3.63, 3.8) is 0 Å². The summed E-state index contributed by atoms with van der Waals surface area (Å²) < 4.78 is 4.85. The molecule has 1 aliphatic heterocycles. The van der Waals surface area contributed by atoms with Crippen LogP contribution < -0.4 is 0 Å². The third kappa shape index (κ3) is 3.02. The molecule has 1 saturated heterocycles. The van der Waals surface area contributed by atoms with E-state index in [1.807, 2.05) is 11.8 Å². The van der Waals surface area contributed by atoms with E-state index in [-0.39, 0.29) is 10.9 Å². The van der Waals surface area contributed by atoms with Gasteiger partial charge in [-0.25, -0.2) is 9.78 Å². The Morgan fingerprint density at radius 3 is 2.83 bits per heavy atom. The molecule has 0 unspecified atom stereocenters. The number of rotatable bonds is 3. The van der Waals surface area contributed by atoms with Gasteiger partial charge in [0.1, 0.15) is 5.69 Å². The van der Waals surface area contributed by atoms with Gasteiger partial charge in [-0.05, 0) is 6.92 Å². The first-order valence-corrected chi connectivity index (χ1v) is 7.75. The first kappa shape index (κ1) is 13.4. The smallest absolute Gasteiger partial charge is 0.367 e. The molecule has 0 atom stereocenters. The first-order valence-electron chi connectivity index (χ1n) is 5.72. The Morgan fingerprint density at radius 2 is 2.17 bits per heavy atom. The number of hydrogen-bond acceptors (Lipinski definition) is 6. The van der Waals surface area contributed by atoms with Gasteiger partial charge in [0.25, 0.3) is 5.91 Å². The summed E-state index contributed by atoms with van der Waals surface area (Å²) in [5.74, 6) is 1.36. The first-order chi connectivity index (χ1) is 8.72. The molecular formula is C11H14N2O3S2. The van der Waals surface area contributed by atoms with Gasteiger partial charge in [0.05, 0.1) is 6.61 Å². The molecule has 1 aromatic heterocycles. The molecule has 0 N–H and O–H groups in total. The fourth-order valence-corrected chi connectivity index (χ4v) is 3.17. The molecule has 0 bridgehead atoms. The van der Waals surface area contributed by atoms with Gasteiger partial charge in [0, 0.05) is 30.0 Å². The maximum atomic E-state index is 12.1. The lowest BCUT2D eigenvalue weighted by Gasteiger charge is -2.25. The van der Waals surface area contributed by atoms with E-state index in [0.29, 0.717) is 12.3 Å². The summed E-state index contributed by atoms with van der Waals surface area (Å²) in [6.45, 7) is 3.54. The highest BCUT2D eigenvalue weighted by atomic mass is 32.2. The van der Waals surface area contributed by atoms with Crippen molar-refractivity contribution in [1.82, 2.24) is 9.88 Å². The zero-order valence-electron chi connectivity index (χ0n) is 10.0. The summed E-state index contributed by atoms with van der Waals surface area (Å²) >= 11 is 2.99. The Hall–Kier alpha value is -1.08. The molecule has 0 radical (unpaired) electrons. The fraction of sp³-hybridized carbons (Fsp3) is 0.545. The fourth-order valence-electron chi connectivity index (χ4n) is 1.59. The summed E-state index contributed by atoms with van der Waals surface area (Å²) in [5.41, 5.74) is 0.343. The lowest BCUT2D eigenvalue weighted by Crippen LogP contribution is -2.38. The van der Waals surface area contributed by atoms with Crippen LogP contribution in [0.1, 0.15) is 27.2 Å². The second-order valence-electron chi connectivity index (χ2n) is 3.66. The summed E-state index contributed by atoms with van der Waals surface area (Å²) in [6.07, 6.45) is 0. The lowest BCUT2D eigenvalue weighted by molar-refractivity contribution is 0.0526. The van der Waals surface area contributed by atoms with E-state index in [1.165, 1.54) is 0 Å². The Kier molecular flexibility index (Phi) is 4.60. The molecule has 0 spiro atoms. The van der Waals surface area contributed by atoms with E-state index in [9.17, 15) is 9.59 Å². The van der Waals surface area contributed by atoms with E-state index in [1.54, 1.807) is 17.2 Å². The number of hydrogen-bond donors (Lipinski definition) is 0. The molecule has 0 aliphatic carbocycles. The Morgan fingerprint density at radius 1 is 1.44 bits per heavy atom. The van der Waals surface area contributed by atoms with Gasteiger partial charge < -0.3 is 9.64 Å². The third-order valence-corrected chi connectivity index (χ3v) is 4.24. The number of ether oxygens (including phenoxy) is 1. The maximum absolute atomic E-state index is 12.1. The number of aromatic nitrogens is 1. The van der Waals surface area contributed by atoms with Crippen LogP contribution in [0.5, 0.6) is 0 Å². The molecule has 0 aromatic carbocycles. The van der Waals surface area contributed by atoms with E-state index < -0.39 is 5.97 Å². The standard InChI is InChI=1S/C11H14N2O3S2/c1-2-16-11(15)9-12-8(7-18-9)10(14)13-3-5-17-6-4-13/h7H,2-6H2,1H3. The molecule has 2 rings (SSSR count). The maximum Gasteiger partial charge on any atom is 0.367 e. The van der Waals surface area contributed by atoms with E-state index in [4.69, 9.17) is 4.74 Å². The molecule has 2 heterocycles. The second-order valence-corrected chi connectivity index (χ2v) is 5.75. The largest absolute Gasteiger partial charge is 0.461 e. The van der Waals surface area contributed by atoms with E-state index in [2.05, 4.69) is 4.98 Å². The minimum absolute atomic E-state index is 0.0953. The number of amides is 1. The van der Waals surface area contributed by atoms with E-state index in [0.717, 1.165) is 35.9 Å². The van der Waals surface area contributed by atoms with Crippen LogP contribution in [-0.4, -0.2) is 53.0 Å². The Balaban J connectivity index is 2.04. The minimum atomic E-state index is -0.462. The molecule has 1 fully saturated rings. The van der Waals surface area contributed by atoms with Gasteiger partial charge in [-0.2, -0.15) is 11.8 Å². The third-order valence-electron chi connectivity index (χ3n) is 2.47. The van der Waals surface area contributed by atoms with Gasteiger partial charge in [0.15, 0.2) is 0 Å². The van der Waals surface area contributed by atoms with Gasteiger partial charge >= 0.3 is 5.97 Å². The van der Waals surface area contributed by atoms with Crippen LogP contribution in [-0.2, 0) is 4.74 Å².